The molecule has 0 aliphatic carbocycles. The number of hydrogen-bond donors (Lipinski definition) is 1. The first kappa shape index (κ1) is 13.9. The Kier molecular flexibility index (Phi) is 3.51. The fraction of sp³-hybridized carbons (Fsp3) is 0.118. The number of nitrogens with zero attached hydrogens (tertiary/aromatic N) is 4. The van der Waals surface area contributed by atoms with Crippen molar-refractivity contribution in [2.75, 3.05) is 0 Å². The molecule has 0 atom stereocenters. The molecule has 6 heteroatoms. The molecule has 4 aromatic rings. The molecule has 0 saturated heterocycles. The zero-order valence-corrected chi connectivity index (χ0v) is 13.1. The van der Waals surface area contributed by atoms with Gasteiger partial charge in [-0.1, -0.05) is 0 Å². The minimum Gasteiger partial charge on any atom is -0.494 e. The fourth-order valence-corrected chi connectivity index (χ4v) is 3.37. The van der Waals surface area contributed by atoms with Gasteiger partial charge in [-0.2, -0.15) is 0 Å². The molecule has 0 bridgehead atoms. The van der Waals surface area contributed by atoms with Gasteiger partial charge < -0.3 is 9.67 Å². The molecule has 114 valence electrons. The Labute approximate surface area is 136 Å². The molecule has 0 aliphatic rings. The van der Waals surface area contributed by atoms with Gasteiger partial charge in [0.15, 0.2) is 0 Å². The Morgan fingerprint density at radius 1 is 1.17 bits per heavy atom. The molecule has 0 unspecified atom stereocenters. The SMILES string of the molecule is Oc1c2cccnc2cn1CCc1csc(-c2cccnc2)n1. The number of hydrogen-bond acceptors (Lipinski definition) is 5. The first-order valence-corrected chi connectivity index (χ1v) is 8.17. The van der Waals surface area contributed by atoms with E-state index in [0.29, 0.717) is 6.54 Å². The van der Waals surface area contributed by atoms with E-state index in [-0.39, 0.29) is 5.88 Å². The summed E-state index contributed by atoms with van der Waals surface area (Å²) in [5.41, 5.74) is 2.85. The van der Waals surface area contributed by atoms with E-state index < -0.39 is 0 Å². The van der Waals surface area contributed by atoms with Gasteiger partial charge >= 0.3 is 0 Å². The van der Waals surface area contributed by atoms with Crippen molar-refractivity contribution >= 4 is 22.2 Å². The van der Waals surface area contributed by atoms with Gasteiger partial charge in [-0.3, -0.25) is 9.97 Å². The molecule has 0 aliphatic heterocycles. The lowest BCUT2D eigenvalue weighted by atomic mass is 10.3. The van der Waals surface area contributed by atoms with Crippen molar-refractivity contribution in [1.82, 2.24) is 19.5 Å². The summed E-state index contributed by atoms with van der Waals surface area (Å²) in [5.74, 6) is 0.260. The highest BCUT2D eigenvalue weighted by molar-refractivity contribution is 7.13. The Morgan fingerprint density at radius 2 is 2.09 bits per heavy atom. The third kappa shape index (κ3) is 2.68. The van der Waals surface area contributed by atoms with Gasteiger partial charge in [-0.25, -0.2) is 4.98 Å². The van der Waals surface area contributed by atoms with Crippen molar-refractivity contribution in [3.8, 4) is 16.5 Å². The smallest absolute Gasteiger partial charge is 0.200 e. The van der Waals surface area contributed by atoms with Crippen LogP contribution in [-0.4, -0.2) is 24.6 Å². The van der Waals surface area contributed by atoms with Gasteiger partial charge in [0, 0.05) is 48.7 Å². The molecule has 0 fully saturated rings. The molecule has 4 rings (SSSR count). The number of fused-ring (bicyclic) bond motifs is 1. The number of aryl methyl sites for hydroxylation is 2. The Morgan fingerprint density at radius 3 is 2.91 bits per heavy atom. The maximum Gasteiger partial charge on any atom is 0.200 e. The summed E-state index contributed by atoms with van der Waals surface area (Å²) in [6.45, 7) is 0.665. The highest BCUT2D eigenvalue weighted by Crippen LogP contribution is 2.26. The van der Waals surface area contributed by atoms with Crippen molar-refractivity contribution in [2.24, 2.45) is 0 Å². The van der Waals surface area contributed by atoms with E-state index >= 15 is 0 Å². The largest absolute Gasteiger partial charge is 0.494 e. The third-order valence-electron chi connectivity index (χ3n) is 3.70. The molecule has 0 aromatic carbocycles. The molecule has 23 heavy (non-hydrogen) atoms. The Balaban J connectivity index is 1.53. The zero-order chi connectivity index (χ0) is 15.6. The van der Waals surface area contributed by atoms with Gasteiger partial charge in [0.05, 0.1) is 16.6 Å². The average Bonchev–Trinajstić information content (AvgIpc) is 3.19. The molecule has 4 aromatic heterocycles. The predicted octanol–water partition coefficient (Wildman–Crippen LogP) is 3.50. The van der Waals surface area contributed by atoms with Gasteiger partial charge in [-0.15, -0.1) is 11.3 Å². The van der Waals surface area contributed by atoms with E-state index in [9.17, 15) is 5.11 Å². The van der Waals surface area contributed by atoms with Crippen LogP contribution in [-0.2, 0) is 13.0 Å². The molecule has 0 saturated carbocycles. The fourth-order valence-electron chi connectivity index (χ4n) is 2.52. The number of thiazole rings is 1. The van der Waals surface area contributed by atoms with Crippen LogP contribution >= 0.6 is 11.3 Å². The van der Waals surface area contributed by atoms with E-state index in [4.69, 9.17) is 0 Å². The number of aromatic nitrogens is 4. The van der Waals surface area contributed by atoms with Crippen molar-refractivity contribution in [2.45, 2.75) is 13.0 Å². The van der Waals surface area contributed by atoms with E-state index in [1.807, 2.05) is 41.2 Å². The summed E-state index contributed by atoms with van der Waals surface area (Å²) in [5, 5.41) is 14.1. The van der Waals surface area contributed by atoms with Crippen molar-refractivity contribution < 1.29 is 5.11 Å². The van der Waals surface area contributed by atoms with Gasteiger partial charge in [0.1, 0.15) is 5.01 Å². The monoisotopic (exact) mass is 322 g/mol. The normalized spacial score (nSPS) is 11.1. The molecule has 1 N–H and O–H groups in total. The van der Waals surface area contributed by atoms with Crippen LogP contribution in [0.4, 0.5) is 0 Å². The molecular formula is C17H14N4OS. The minimum atomic E-state index is 0.260. The highest BCUT2D eigenvalue weighted by atomic mass is 32.1. The second-order valence-electron chi connectivity index (χ2n) is 5.22. The molecule has 0 spiro atoms. The van der Waals surface area contributed by atoms with Gasteiger partial charge in [0.2, 0.25) is 5.88 Å². The first-order chi connectivity index (χ1) is 11.3. The van der Waals surface area contributed by atoms with Crippen LogP contribution < -0.4 is 0 Å². The van der Waals surface area contributed by atoms with E-state index in [1.165, 1.54) is 0 Å². The van der Waals surface area contributed by atoms with Crippen LogP contribution in [0, 0.1) is 0 Å². The topological polar surface area (TPSA) is 63.8 Å². The second-order valence-corrected chi connectivity index (χ2v) is 6.08. The lowest BCUT2D eigenvalue weighted by molar-refractivity contribution is 0.422. The standard InChI is InChI=1S/C17H14N4OS/c22-17-14-4-2-7-19-15(14)10-21(17)8-5-13-11-23-16(20-13)12-3-1-6-18-9-12/h1-4,6-7,9-11,22H,5,8H2. The summed E-state index contributed by atoms with van der Waals surface area (Å²) in [7, 11) is 0. The minimum absolute atomic E-state index is 0.260. The predicted molar refractivity (Wildman–Crippen MR) is 90.4 cm³/mol. The van der Waals surface area contributed by atoms with Crippen LogP contribution in [0.3, 0.4) is 0 Å². The Hall–Kier alpha value is -2.73. The van der Waals surface area contributed by atoms with Crippen LogP contribution in [0.5, 0.6) is 5.88 Å². The van der Waals surface area contributed by atoms with Gasteiger partial charge in [0.25, 0.3) is 0 Å². The molecular weight excluding hydrogens is 308 g/mol. The molecule has 0 amide bonds. The zero-order valence-electron chi connectivity index (χ0n) is 12.3. The van der Waals surface area contributed by atoms with Crippen LogP contribution in [0.1, 0.15) is 5.69 Å². The van der Waals surface area contributed by atoms with E-state index in [2.05, 4.69) is 20.3 Å². The van der Waals surface area contributed by atoms with Crippen molar-refractivity contribution in [3.63, 3.8) is 0 Å². The summed E-state index contributed by atoms with van der Waals surface area (Å²) in [6, 6.07) is 7.61. The number of aromatic hydroxyl groups is 1. The van der Waals surface area contributed by atoms with Crippen LogP contribution in [0.2, 0.25) is 0 Å². The molecule has 5 nitrogen and oxygen atoms in total. The van der Waals surface area contributed by atoms with Crippen molar-refractivity contribution in [1.29, 1.82) is 0 Å². The maximum atomic E-state index is 10.2. The molecule has 0 radical (unpaired) electrons. The van der Waals surface area contributed by atoms with Crippen molar-refractivity contribution in [3.05, 3.63) is 60.1 Å². The summed E-state index contributed by atoms with van der Waals surface area (Å²) < 4.78 is 1.82. The Bertz CT molecular complexity index is 946. The van der Waals surface area contributed by atoms with E-state index in [0.717, 1.165) is 33.6 Å². The summed E-state index contributed by atoms with van der Waals surface area (Å²) in [6.07, 6.45) is 7.93. The summed E-state index contributed by atoms with van der Waals surface area (Å²) >= 11 is 1.61. The highest BCUT2D eigenvalue weighted by Gasteiger charge is 2.10. The van der Waals surface area contributed by atoms with E-state index in [1.54, 1.807) is 23.7 Å². The average molecular weight is 322 g/mol. The first-order valence-electron chi connectivity index (χ1n) is 7.29. The maximum absolute atomic E-state index is 10.2. The van der Waals surface area contributed by atoms with Crippen LogP contribution in [0.15, 0.2) is 54.4 Å². The van der Waals surface area contributed by atoms with Gasteiger partial charge in [-0.05, 0) is 24.3 Å². The number of pyridine rings is 2. The quantitative estimate of drug-likeness (QED) is 0.624. The number of rotatable bonds is 4. The summed E-state index contributed by atoms with van der Waals surface area (Å²) in [4.78, 5) is 13.0. The lowest BCUT2D eigenvalue weighted by Gasteiger charge is -2.02. The second kappa shape index (κ2) is 5.81. The third-order valence-corrected chi connectivity index (χ3v) is 4.64. The molecule has 4 heterocycles. The lowest BCUT2D eigenvalue weighted by Crippen LogP contribution is -1.99. The van der Waals surface area contributed by atoms with Crippen LogP contribution in [0.25, 0.3) is 21.5 Å².